The number of ether oxygens (including phenoxy) is 2. The summed E-state index contributed by atoms with van der Waals surface area (Å²) in [6, 6.07) is 10.6. The van der Waals surface area contributed by atoms with Gasteiger partial charge in [0.25, 0.3) is 11.6 Å². The Bertz CT molecular complexity index is 1040. The number of rotatable bonds is 9. The van der Waals surface area contributed by atoms with Gasteiger partial charge in [-0.05, 0) is 36.8 Å². The molecular formula is C21H18BrN3O5. The van der Waals surface area contributed by atoms with Gasteiger partial charge in [0.2, 0.25) is 0 Å². The minimum Gasteiger partial charge on any atom is -0.490 e. The Morgan fingerprint density at radius 1 is 1.33 bits per heavy atom. The van der Waals surface area contributed by atoms with Crippen LogP contribution < -0.4 is 14.8 Å². The second-order valence-corrected chi connectivity index (χ2v) is 6.64. The molecule has 0 aliphatic heterocycles. The van der Waals surface area contributed by atoms with Gasteiger partial charge >= 0.3 is 0 Å². The molecule has 0 atom stereocenters. The molecule has 1 amide bonds. The van der Waals surface area contributed by atoms with E-state index in [1.165, 1.54) is 30.3 Å². The van der Waals surface area contributed by atoms with Crippen LogP contribution in [0, 0.1) is 21.4 Å². The molecule has 0 radical (unpaired) electrons. The fraction of sp³-hybridized carbons (Fsp3) is 0.143. The molecule has 0 fully saturated rings. The monoisotopic (exact) mass is 471 g/mol. The van der Waals surface area contributed by atoms with Crippen LogP contribution in [0.4, 0.5) is 11.4 Å². The summed E-state index contributed by atoms with van der Waals surface area (Å²) in [6.45, 7) is 6.11. The van der Waals surface area contributed by atoms with Gasteiger partial charge in [-0.2, -0.15) is 5.26 Å². The van der Waals surface area contributed by atoms with Gasteiger partial charge in [0, 0.05) is 22.3 Å². The predicted molar refractivity (Wildman–Crippen MR) is 116 cm³/mol. The van der Waals surface area contributed by atoms with Gasteiger partial charge in [0.15, 0.2) is 11.5 Å². The van der Waals surface area contributed by atoms with Gasteiger partial charge in [-0.1, -0.05) is 34.7 Å². The average molecular weight is 472 g/mol. The second kappa shape index (κ2) is 10.8. The molecule has 154 valence electrons. The number of non-ortho nitro benzene ring substituents is 1. The van der Waals surface area contributed by atoms with E-state index < -0.39 is 10.8 Å². The van der Waals surface area contributed by atoms with Crippen molar-refractivity contribution in [1.29, 1.82) is 5.26 Å². The first-order valence-corrected chi connectivity index (χ1v) is 9.56. The SMILES string of the molecule is C=CCOc1cc(Br)c(/C=C(\C#N)C(=O)Nc2cccc([N+](=O)[O-])c2)cc1OCC. The quantitative estimate of drug-likeness (QED) is 0.183. The predicted octanol–water partition coefficient (Wildman–Crippen LogP) is 4.87. The highest BCUT2D eigenvalue weighted by atomic mass is 79.9. The van der Waals surface area contributed by atoms with E-state index in [1.54, 1.807) is 18.2 Å². The topological polar surface area (TPSA) is 114 Å². The molecule has 0 aliphatic rings. The summed E-state index contributed by atoms with van der Waals surface area (Å²) in [5.74, 6) is 0.236. The summed E-state index contributed by atoms with van der Waals surface area (Å²) < 4.78 is 11.7. The van der Waals surface area contributed by atoms with E-state index in [-0.39, 0.29) is 23.6 Å². The van der Waals surface area contributed by atoms with Gasteiger partial charge in [0.1, 0.15) is 18.2 Å². The standard InChI is InChI=1S/C21H18BrN3O5/c1-3-8-30-20-12-18(22)14(10-19(20)29-4-2)9-15(13-23)21(26)24-16-6-5-7-17(11-16)25(27)28/h3,5-7,9-12H,1,4,8H2,2H3,(H,24,26)/b15-9+. The zero-order chi connectivity index (χ0) is 22.1. The van der Waals surface area contributed by atoms with Gasteiger partial charge in [-0.25, -0.2) is 0 Å². The number of benzene rings is 2. The van der Waals surface area contributed by atoms with Crippen LogP contribution in [0.3, 0.4) is 0 Å². The number of anilines is 1. The largest absolute Gasteiger partial charge is 0.490 e. The fourth-order valence-electron chi connectivity index (χ4n) is 2.39. The molecule has 2 aromatic carbocycles. The Kier molecular flexibility index (Phi) is 8.14. The van der Waals surface area contributed by atoms with Crippen LogP contribution in [0.15, 0.2) is 59.1 Å². The zero-order valence-electron chi connectivity index (χ0n) is 16.1. The van der Waals surface area contributed by atoms with E-state index in [1.807, 2.05) is 13.0 Å². The Labute approximate surface area is 181 Å². The van der Waals surface area contributed by atoms with Crippen molar-refractivity contribution in [2.75, 3.05) is 18.5 Å². The molecule has 0 saturated heterocycles. The molecular weight excluding hydrogens is 454 g/mol. The molecule has 9 heteroatoms. The molecule has 2 rings (SSSR count). The van der Waals surface area contributed by atoms with E-state index in [0.29, 0.717) is 28.1 Å². The van der Waals surface area contributed by atoms with E-state index in [4.69, 9.17) is 9.47 Å². The van der Waals surface area contributed by atoms with Crippen molar-refractivity contribution in [2.24, 2.45) is 0 Å². The minimum atomic E-state index is -0.699. The van der Waals surface area contributed by atoms with E-state index in [9.17, 15) is 20.2 Å². The lowest BCUT2D eigenvalue weighted by Gasteiger charge is -2.13. The first-order valence-electron chi connectivity index (χ1n) is 8.77. The van der Waals surface area contributed by atoms with E-state index >= 15 is 0 Å². The summed E-state index contributed by atoms with van der Waals surface area (Å²) in [5, 5.41) is 22.8. The van der Waals surface area contributed by atoms with Crippen LogP contribution in [0.5, 0.6) is 11.5 Å². The molecule has 0 aromatic heterocycles. The number of hydrogen-bond acceptors (Lipinski definition) is 6. The average Bonchev–Trinajstić information content (AvgIpc) is 2.72. The third-order valence-corrected chi connectivity index (χ3v) is 4.39. The maximum absolute atomic E-state index is 12.5. The normalized spacial score (nSPS) is 10.6. The Hall–Kier alpha value is -3.64. The van der Waals surface area contributed by atoms with Crippen LogP contribution >= 0.6 is 15.9 Å². The second-order valence-electron chi connectivity index (χ2n) is 5.78. The van der Waals surface area contributed by atoms with E-state index in [0.717, 1.165) is 0 Å². The Morgan fingerprint density at radius 2 is 2.07 bits per heavy atom. The smallest absolute Gasteiger partial charge is 0.271 e. The third kappa shape index (κ3) is 5.93. The lowest BCUT2D eigenvalue weighted by molar-refractivity contribution is -0.384. The van der Waals surface area contributed by atoms with Crippen molar-refractivity contribution in [3.05, 3.63) is 74.8 Å². The Balaban J connectivity index is 2.34. The molecule has 0 heterocycles. The number of nitrogens with zero attached hydrogens (tertiary/aromatic N) is 2. The number of nitro benzene ring substituents is 1. The maximum Gasteiger partial charge on any atom is 0.271 e. The maximum atomic E-state index is 12.5. The van der Waals surface area contributed by atoms with Crippen LogP contribution in [0.25, 0.3) is 6.08 Å². The van der Waals surface area contributed by atoms with Crippen LogP contribution in [-0.4, -0.2) is 24.0 Å². The summed E-state index contributed by atoms with van der Waals surface area (Å²) in [6.07, 6.45) is 2.99. The summed E-state index contributed by atoms with van der Waals surface area (Å²) in [5.41, 5.74) is 0.367. The number of carbonyl (C=O) groups excluding carboxylic acids is 1. The molecule has 0 aliphatic carbocycles. The molecule has 0 unspecified atom stereocenters. The van der Waals surface area contributed by atoms with Gasteiger partial charge in [-0.15, -0.1) is 0 Å². The number of nitrogens with one attached hydrogen (secondary N) is 1. The van der Waals surface area contributed by atoms with Crippen molar-refractivity contribution in [3.8, 4) is 17.6 Å². The molecule has 0 saturated carbocycles. The third-order valence-electron chi connectivity index (χ3n) is 3.70. The fourth-order valence-corrected chi connectivity index (χ4v) is 2.83. The first-order chi connectivity index (χ1) is 14.4. The molecule has 0 bridgehead atoms. The van der Waals surface area contributed by atoms with Crippen LogP contribution in [-0.2, 0) is 4.79 Å². The van der Waals surface area contributed by atoms with Crippen molar-refractivity contribution in [3.63, 3.8) is 0 Å². The van der Waals surface area contributed by atoms with Crippen molar-refractivity contribution >= 4 is 39.3 Å². The lowest BCUT2D eigenvalue weighted by atomic mass is 10.1. The van der Waals surface area contributed by atoms with Gasteiger partial charge < -0.3 is 14.8 Å². The van der Waals surface area contributed by atoms with Gasteiger partial charge in [-0.3, -0.25) is 14.9 Å². The highest BCUT2D eigenvalue weighted by Crippen LogP contribution is 2.35. The summed E-state index contributed by atoms with van der Waals surface area (Å²) in [7, 11) is 0. The summed E-state index contributed by atoms with van der Waals surface area (Å²) in [4.78, 5) is 22.8. The van der Waals surface area contributed by atoms with Gasteiger partial charge in [0.05, 0.1) is 11.5 Å². The molecule has 2 aromatic rings. The minimum absolute atomic E-state index is 0.172. The van der Waals surface area contributed by atoms with Crippen LogP contribution in [0.2, 0.25) is 0 Å². The molecule has 30 heavy (non-hydrogen) atoms. The van der Waals surface area contributed by atoms with Crippen molar-refractivity contribution in [2.45, 2.75) is 6.92 Å². The number of halogens is 1. The number of nitro groups is 1. The highest BCUT2D eigenvalue weighted by molar-refractivity contribution is 9.10. The Morgan fingerprint density at radius 3 is 2.70 bits per heavy atom. The lowest BCUT2D eigenvalue weighted by Crippen LogP contribution is -2.13. The molecule has 1 N–H and O–H groups in total. The highest BCUT2D eigenvalue weighted by Gasteiger charge is 2.15. The number of nitriles is 1. The van der Waals surface area contributed by atoms with E-state index in [2.05, 4.69) is 27.8 Å². The first kappa shape index (κ1) is 22.6. The number of carbonyl (C=O) groups is 1. The van der Waals surface area contributed by atoms with Crippen molar-refractivity contribution < 1.29 is 19.2 Å². The number of amides is 1. The van der Waals surface area contributed by atoms with Crippen LogP contribution in [0.1, 0.15) is 12.5 Å². The van der Waals surface area contributed by atoms with Crippen molar-refractivity contribution in [1.82, 2.24) is 0 Å². The molecule has 8 nitrogen and oxygen atoms in total. The zero-order valence-corrected chi connectivity index (χ0v) is 17.6. The summed E-state index contributed by atoms with van der Waals surface area (Å²) >= 11 is 3.40. The number of hydrogen-bond donors (Lipinski definition) is 1. The molecule has 0 spiro atoms.